The molecular weight excluding hydrogens is 752 g/mol. The number of pyridine rings is 1. The van der Waals surface area contributed by atoms with Gasteiger partial charge in [-0.15, -0.1) is 0 Å². The first-order valence-electron chi connectivity index (χ1n) is 19.5. The highest BCUT2D eigenvalue weighted by Gasteiger charge is 2.39. The van der Waals surface area contributed by atoms with Crippen molar-refractivity contribution in [3.8, 4) is 5.69 Å². The molecule has 57 heavy (non-hydrogen) atoms. The molecule has 1 atom stereocenters. The number of anilines is 2. The molecule has 0 radical (unpaired) electrons. The van der Waals surface area contributed by atoms with Crippen LogP contribution in [0.15, 0.2) is 70.3 Å². The maximum absolute atomic E-state index is 15.2. The van der Waals surface area contributed by atoms with Crippen LogP contribution in [0.2, 0.25) is 5.02 Å². The lowest BCUT2D eigenvalue weighted by atomic mass is 9.83. The Morgan fingerprint density at radius 1 is 0.860 bits per heavy atom. The number of amides is 2. The number of nitrogens with zero attached hydrogens (tertiary/aromatic N) is 5. The van der Waals surface area contributed by atoms with E-state index in [9.17, 15) is 19.2 Å². The second-order valence-corrected chi connectivity index (χ2v) is 16.6. The first kappa shape index (κ1) is 37.2. The van der Waals surface area contributed by atoms with Gasteiger partial charge in [0.15, 0.2) is 0 Å². The van der Waals surface area contributed by atoms with E-state index in [2.05, 4.69) is 61.7 Å². The number of piperazine rings is 1. The Hall–Kier alpha value is -5.40. The predicted molar refractivity (Wildman–Crippen MR) is 215 cm³/mol. The second kappa shape index (κ2) is 14.2. The summed E-state index contributed by atoms with van der Waals surface area (Å²) in [5.74, 6) is -2.02. The van der Waals surface area contributed by atoms with Gasteiger partial charge in [0, 0.05) is 56.0 Å². The minimum Gasteiger partial charge on any atom is -0.368 e. The van der Waals surface area contributed by atoms with Gasteiger partial charge in [0.25, 0.3) is 11.1 Å². The first-order chi connectivity index (χ1) is 27.4. The fraction of sp³-hybridized carbons (Fsp3) is 0.372. The lowest BCUT2D eigenvalue weighted by molar-refractivity contribution is -0.134. The third-order valence-electron chi connectivity index (χ3n) is 12.4. The lowest BCUT2D eigenvalue weighted by Gasteiger charge is -2.37. The van der Waals surface area contributed by atoms with Crippen LogP contribution < -0.4 is 26.2 Å². The largest absolute Gasteiger partial charge is 0.368 e. The standard InChI is InChI=1S/C43H42ClF2N7O4/c1-43(2)29-9-6-25(20-34(29)53-33-5-3-4-30(44)38(33)41(57)49-42(43)53)24-12-14-50(15-13-24)23-26-7-10-35(47-39(26)55)52-18-16-51(17-19-52)27-21-31(45)37(32(46)22-27)28-8-11-36(54)48-40(28)56/h3-7,9-10,20-22,24,28H,8,11-19,23H2,1-2H3,(H,47,55)(H,48,54,56). The molecule has 11 nitrogen and oxygen atoms in total. The molecule has 294 valence electrons. The number of imide groups is 1. The molecule has 0 spiro atoms. The Morgan fingerprint density at radius 3 is 2.28 bits per heavy atom. The molecule has 0 aliphatic carbocycles. The van der Waals surface area contributed by atoms with Crippen LogP contribution in [0, 0.1) is 11.6 Å². The van der Waals surface area contributed by atoms with Crippen LogP contribution in [0.5, 0.6) is 0 Å². The number of benzene rings is 3. The number of aromatic nitrogens is 3. The van der Waals surface area contributed by atoms with E-state index in [1.54, 1.807) is 6.07 Å². The van der Waals surface area contributed by atoms with Gasteiger partial charge in [-0.1, -0.05) is 29.8 Å². The molecule has 9 rings (SSSR count). The summed E-state index contributed by atoms with van der Waals surface area (Å²) in [7, 11) is 0. The Labute approximate surface area is 332 Å². The average Bonchev–Trinajstić information content (AvgIpc) is 3.41. The summed E-state index contributed by atoms with van der Waals surface area (Å²) in [6, 6.07) is 18.5. The highest BCUT2D eigenvalue weighted by molar-refractivity contribution is 6.35. The van der Waals surface area contributed by atoms with Crippen LogP contribution in [-0.2, 0) is 21.5 Å². The molecule has 3 aromatic carbocycles. The third kappa shape index (κ3) is 6.50. The molecule has 2 N–H and O–H groups in total. The summed E-state index contributed by atoms with van der Waals surface area (Å²) in [6.07, 6.45) is 1.98. The Kier molecular flexibility index (Phi) is 9.27. The van der Waals surface area contributed by atoms with Crippen molar-refractivity contribution in [1.29, 1.82) is 0 Å². The van der Waals surface area contributed by atoms with Crippen molar-refractivity contribution in [2.45, 2.75) is 63.3 Å². The smallest absolute Gasteiger partial charge is 0.282 e. The molecule has 5 aromatic rings. The van der Waals surface area contributed by atoms with Gasteiger partial charge in [-0.05, 0) is 106 Å². The molecule has 4 aliphatic rings. The molecule has 0 saturated carbocycles. The van der Waals surface area contributed by atoms with Crippen LogP contribution in [0.4, 0.5) is 20.3 Å². The number of piperidine rings is 2. The van der Waals surface area contributed by atoms with Crippen LogP contribution in [-0.4, -0.2) is 70.5 Å². The quantitative estimate of drug-likeness (QED) is 0.205. The fourth-order valence-electron chi connectivity index (χ4n) is 9.26. The van der Waals surface area contributed by atoms with Crippen LogP contribution >= 0.6 is 11.6 Å². The molecule has 3 fully saturated rings. The number of hydrogen-bond acceptors (Lipinski definition) is 8. The summed E-state index contributed by atoms with van der Waals surface area (Å²) < 4.78 is 32.5. The van der Waals surface area contributed by atoms with Crippen LogP contribution in [0.1, 0.15) is 79.4 Å². The molecule has 14 heteroatoms. The minimum absolute atomic E-state index is 0.0345. The van der Waals surface area contributed by atoms with Crippen molar-refractivity contribution in [3.63, 3.8) is 0 Å². The van der Waals surface area contributed by atoms with Crippen LogP contribution in [0.3, 0.4) is 0 Å². The minimum atomic E-state index is -1.04. The van der Waals surface area contributed by atoms with Gasteiger partial charge in [-0.25, -0.2) is 8.78 Å². The van der Waals surface area contributed by atoms with E-state index >= 15 is 8.78 Å². The topological polar surface area (TPSA) is 124 Å². The summed E-state index contributed by atoms with van der Waals surface area (Å²) in [4.78, 5) is 64.0. The summed E-state index contributed by atoms with van der Waals surface area (Å²) in [5.41, 5.74) is 4.04. The van der Waals surface area contributed by atoms with E-state index < -0.39 is 34.8 Å². The number of rotatable bonds is 6. The van der Waals surface area contributed by atoms with Crippen molar-refractivity contribution >= 4 is 45.8 Å². The van der Waals surface area contributed by atoms with Gasteiger partial charge < -0.3 is 14.8 Å². The summed E-state index contributed by atoms with van der Waals surface area (Å²) >= 11 is 6.48. The molecule has 3 saturated heterocycles. The summed E-state index contributed by atoms with van der Waals surface area (Å²) in [5, 5.41) is 2.99. The van der Waals surface area contributed by atoms with E-state index in [1.165, 1.54) is 17.7 Å². The molecule has 2 amide bonds. The number of nitrogens with one attached hydrogen (secondary N) is 2. The highest BCUT2D eigenvalue weighted by atomic mass is 35.5. The average molecular weight is 794 g/mol. The SMILES string of the molecule is CC1(C)c2ccc(C3CCN(Cc4ccc(N5CCN(c6cc(F)c(C7CCC(=O)NC7=O)c(F)c6)CC5)[nH]c4=O)CC3)cc2-n2c1nc(=O)c1c(Cl)cccc12. The van der Waals surface area contributed by atoms with Gasteiger partial charge >= 0.3 is 0 Å². The Morgan fingerprint density at radius 2 is 1.58 bits per heavy atom. The zero-order chi connectivity index (χ0) is 39.7. The van der Waals surface area contributed by atoms with Gasteiger partial charge in [0.1, 0.15) is 23.3 Å². The number of halogens is 3. The Balaban J connectivity index is 0.827. The van der Waals surface area contributed by atoms with Crippen molar-refractivity contribution in [2.75, 3.05) is 49.1 Å². The van der Waals surface area contributed by atoms with Gasteiger partial charge in [0.2, 0.25) is 11.8 Å². The molecule has 1 unspecified atom stereocenters. The van der Waals surface area contributed by atoms with Gasteiger partial charge in [0.05, 0.1) is 32.9 Å². The maximum atomic E-state index is 15.2. The normalized spacial score (nSPS) is 19.8. The molecular formula is C43H42ClF2N7O4. The highest BCUT2D eigenvalue weighted by Crippen LogP contribution is 2.45. The van der Waals surface area contributed by atoms with Gasteiger partial charge in [-0.3, -0.25) is 34.0 Å². The number of carbonyl (C=O) groups is 2. The van der Waals surface area contributed by atoms with Crippen molar-refractivity contribution in [2.24, 2.45) is 0 Å². The molecule has 6 heterocycles. The van der Waals surface area contributed by atoms with Gasteiger partial charge in [-0.2, -0.15) is 4.98 Å². The molecule has 0 bridgehead atoms. The maximum Gasteiger partial charge on any atom is 0.282 e. The van der Waals surface area contributed by atoms with Crippen molar-refractivity contribution < 1.29 is 18.4 Å². The van der Waals surface area contributed by atoms with E-state index in [0.717, 1.165) is 42.7 Å². The number of likely N-dealkylation sites (tertiary alicyclic amines) is 1. The number of hydrogen-bond donors (Lipinski definition) is 2. The van der Waals surface area contributed by atoms with Crippen molar-refractivity contribution in [1.82, 2.24) is 24.8 Å². The molecule has 2 aromatic heterocycles. The van der Waals surface area contributed by atoms with E-state index in [1.807, 2.05) is 29.2 Å². The number of H-pyrrole nitrogens is 1. The zero-order valence-electron chi connectivity index (χ0n) is 31.7. The predicted octanol–water partition coefficient (Wildman–Crippen LogP) is 5.87. The van der Waals surface area contributed by atoms with E-state index in [4.69, 9.17) is 11.6 Å². The number of aromatic amines is 1. The Bertz CT molecular complexity index is 2570. The lowest BCUT2D eigenvalue weighted by Crippen LogP contribution is -2.47. The fourth-order valence-corrected chi connectivity index (χ4v) is 9.51. The van der Waals surface area contributed by atoms with Crippen molar-refractivity contribution in [3.05, 3.63) is 126 Å². The van der Waals surface area contributed by atoms with E-state index in [0.29, 0.717) is 71.9 Å². The zero-order valence-corrected chi connectivity index (χ0v) is 32.5. The molecule has 4 aliphatic heterocycles. The number of fused-ring (bicyclic) bond motifs is 5. The monoisotopic (exact) mass is 793 g/mol. The third-order valence-corrected chi connectivity index (χ3v) is 12.7. The summed E-state index contributed by atoms with van der Waals surface area (Å²) in [6.45, 7) is 8.45. The first-order valence-corrected chi connectivity index (χ1v) is 19.9. The second-order valence-electron chi connectivity index (χ2n) is 16.2. The van der Waals surface area contributed by atoms with E-state index in [-0.39, 0.29) is 29.5 Å². The number of carbonyl (C=O) groups excluding carboxylic acids is 2. The van der Waals surface area contributed by atoms with Crippen LogP contribution in [0.25, 0.3) is 16.6 Å².